The van der Waals surface area contributed by atoms with Crippen LogP contribution in [-0.2, 0) is 6.54 Å². The minimum absolute atomic E-state index is 0.526. The molecule has 1 aliphatic heterocycles. The summed E-state index contributed by atoms with van der Waals surface area (Å²) in [5.74, 6) is 0.526. The van der Waals surface area contributed by atoms with E-state index in [1.54, 1.807) is 11.3 Å². The van der Waals surface area contributed by atoms with Gasteiger partial charge in [-0.3, -0.25) is 4.90 Å². The lowest BCUT2D eigenvalue weighted by Crippen LogP contribution is -2.32. The van der Waals surface area contributed by atoms with Gasteiger partial charge in [-0.05, 0) is 49.4 Å². The lowest BCUT2D eigenvalue weighted by molar-refractivity contribution is 0.203. The fourth-order valence-corrected chi connectivity index (χ4v) is 5.99. The molecule has 0 radical (unpaired) electrons. The second kappa shape index (κ2) is 10.6. The van der Waals surface area contributed by atoms with Gasteiger partial charge in [-0.25, -0.2) is 19.9 Å². The number of benzene rings is 2. The van der Waals surface area contributed by atoms with E-state index in [9.17, 15) is 0 Å². The minimum atomic E-state index is 0.526. The van der Waals surface area contributed by atoms with Crippen LogP contribution in [0.25, 0.3) is 33.4 Å². The normalized spacial score (nSPS) is 14.8. The Morgan fingerprint density at radius 1 is 0.973 bits per heavy atom. The van der Waals surface area contributed by atoms with Crippen LogP contribution in [0, 0.1) is 0 Å². The Morgan fingerprint density at radius 3 is 2.46 bits per heavy atom. The van der Waals surface area contributed by atoms with Gasteiger partial charge in [0.15, 0.2) is 15.9 Å². The number of thioether (sulfide) groups is 1. The molecule has 8 heteroatoms. The van der Waals surface area contributed by atoms with Crippen molar-refractivity contribution < 1.29 is 0 Å². The Bertz CT molecular complexity index is 1510. The summed E-state index contributed by atoms with van der Waals surface area (Å²) in [7, 11) is 0. The van der Waals surface area contributed by atoms with Gasteiger partial charge in [-0.2, -0.15) is 0 Å². The number of nitrogens with zero attached hydrogens (tertiary/aromatic N) is 5. The minimum Gasteiger partial charge on any atom is -0.375 e. The Labute approximate surface area is 225 Å². The van der Waals surface area contributed by atoms with Crippen molar-refractivity contribution in [3.8, 4) is 22.4 Å². The zero-order valence-electron chi connectivity index (χ0n) is 20.7. The van der Waals surface area contributed by atoms with Crippen molar-refractivity contribution in [1.29, 1.82) is 0 Å². The SMILES string of the molecule is CSc1ncc2cc(-c3ccccc3)c(-c3ccc(CN4CCC(c5csc(N)n5)CC4)cc3)nc2n1. The Kier molecular flexibility index (Phi) is 6.87. The highest BCUT2D eigenvalue weighted by molar-refractivity contribution is 7.98. The van der Waals surface area contributed by atoms with Gasteiger partial charge in [0, 0.05) is 40.6 Å². The molecule has 5 aromatic rings. The van der Waals surface area contributed by atoms with E-state index >= 15 is 0 Å². The highest BCUT2D eigenvalue weighted by atomic mass is 32.2. The molecule has 0 unspecified atom stereocenters. The van der Waals surface area contributed by atoms with E-state index in [0.717, 1.165) is 71.1 Å². The van der Waals surface area contributed by atoms with Gasteiger partial charge in [-0.15, -0.1) is 11.3 Å². The van der Waals surface area contributed by atoms with Crippen molar-refractivity contribution in [2.24, 2.45) is 0 Å². The number of nitrogen functional groups attached to an aromatic ring is 1. The van der Waals surface area contributed by atoms with Crippen LogP contribution >= 0.6 is 23.1 Å². The largest absolute Gasteiger partial charge is 0.375 e. The Balaban J connectivity index is 1.24. The first kappa shape index (κ1) is 24.0. The molecule has 0 atom stereocenters. The number of likely N-dealkylation sites (tertiary alicyclic amines) is 1. The van der Waals surface area contributed by atoms with Crippen molar-refractivity contribution in [3.63, 3.8) is 0 Å². The monoisotopic (exact) mass is 524 g/mol. The number of piperidine rings is 1. The van der Waals surface area contributed by atoms with Crippen molar-refractivity contribution in [2.45, 2.75) is 30.5 Å². The fraction of sp³-hybridized carbons (Fsp3) is 0.241. The number of hydrogen-bond acceptors (Lipinski definition) is 8. The van der Waals surface area contributed by atoms with E-state index in [1.165, 1.54) is 23.0 Å². The first-order chi connectivity index (χ1) is 18.2. The molecule has 0 bridgehead atoms. The third-order valence-electron chi connectivity index (χ3n) is 6.99. The van der Waals surface area contributed by atoms with Crippen molar-refractivity contribution >= 4 is 39.3 Å². The summed E-state index contributed by atoms with van der Waals surface area (Å²) in [5, 5.41) is 4.47. The molecule has 1 aliphatic rings. The Morgan fingerprint density at radius 2 is 1.76 bits per heavy atom. The predicted octanol–water partition coefficient (Wildman–Crippen LogP) is 6.50. The number of fused-ring (bicyclic) bond motifs is 1. The average molecular weight is 525 g/mol. The maximum Gasteiger partial charge on any atom is 0.189 e. The van der Waals surface area contributed by atoms with E-state index in [0.29, 0.717) is 11.0 Å². The highest BCUT2D eigenvalue weighted by Crippen LogP contribution is 2.34. The molecule has 1 saturated heterocycles. The Hall–Kier alpha value is -3.33. The second-order valence-corrected chi connectivity index (χ2v) is 11.0. The molecule has 6 nitrogen and oxygen atoms in total. The third kappa shape index (κ3) is 5.23. The van der Waals surface area contributed by atoms with Gasteiger partial charge >= 0.3 is 0 Å². The van der Waals surface area contributed by atoms with Gasteiger partial charge in [-0.1, -0.05) is 66.4 Å². The van der Waals surface area contributed by atoms with Gasteiger partial charge in [0.2, 0.25) is 0 Å². The summed E-state index contributed by atoms with van der Waals surface area (Å²) in [6, 6.07) is 21.4. The van der Waals surface area contributed by atoms with Crippen LogP contribution in [-0.4, -0.2) is 44.2 Å². The first-order valence-electron chi connectivity index (χ1n) is 12.5. The fourth-order valence-electron chi connectivity index (χ4n) is 5.01. The van der Waals surface area contributed by atoms with E-state index < -0.39 is 0 Å². The van der Waals surface area contributed by atoms with Gasteiger partial charge in [0.1, 0.15) is 0 Å². The number of aromatic nitrogens is 4. The molecular weight excluding hydrogens is 496 g/mol. The van der Waals surface area contributed by atoms with E-state index in [-0.39, 0.29) is 0 Å². The summed E-state index contributed by atoms with van der Waals surface area (Å²) in [6.07, 6.45) is 6.11. The standard InChI is InChI=1S/C29H28N6S2/c1-36-29-31-16-23-15-24(20-5-3-2-4-6-20)26(33-27(23)34-29)22-9-7-19(8-10-22)17-35-13-11-21(12-14-35)25-18-37-28(30)32-25/h2-10,15-16,18,21H,11-14,17H2,1H3,(H2,30,32). The number of pyridine rings is 1. The predicted molar refractivity (Wildman–Crippen MR) is 154 cm³/mol. The van der Waals surface area contributed by atoms with Crippen LogP contribution in [0.2, 0.25) is 0 Å². The second-order valence-electron chi connectivity index (χ2n) is 9.38. The summed E-state index contributed by atoms with van der Waals surface area (Å²) in [6.45, 7) is 3.10. The molecule has 6 rings (SSSR count). The van der Waals surface area contributed by atoms with Crippen molar-refractivity contribution in [1.82, 2.24) is 24.8 Å². The topological polar surface area (TPSA) is 80.8 Å². The molecule has 37 heavy (non-hydrogen) atoms. The molecule has 0 aliphatic carbocycles. The highest BCUT2D eigenvalue weighted by Gasteiger charge is 2.22. The first-order valence-corrected chi connectivity index (χ1v) is 14.6. The van der Waals surface area contributed by atoms with E-state index in [2.05, 4.69) is 79.8 Å². The molecule has 186 valence electrons. The molecule has 0 amide bonds. The van der Waals surface area contributed by atoms with Crippen LogP contribution in [0.5, 0.6) is 0 Å². The number of rotatable bonds is 6. The maximum absolute atomic E-state index is 5.84. The number of thiazole rings is 1. The van der Waals surface area contributed by atoms with Crippen LogP contribution in [0.4, 0.5) is 5.13 Å². The van der Waals surface area contributed by atoms with Crippen molar-refractivity contribution in [3.05, 3.63) is 83.5 Å². The lowest BCUT2D eigenvalue weighted by Gasteiger charge is -2.31. The molecule has 0 spiro atoms. The third-order valence-corrected chi connectivity index (χ3v) is 8.25. The van der Waals surface area contributed by atoms with Crippen LogP contribution in [0.15, 0.2) is 77.4 Å². The van der Waals surface area contributed by atoms with E-state index in [1.807, 2.05) is 18.5 Å². The number of hydrogen-bond donors (Lipinski definition) is 1. The van der Waals surface area contributed by atoms with Crippen molar-refractivity contribution in [2.75, 3.05) is 25.1 Å². The number of anilines is 1. The molecule has 0 saturated carbocycles. The summed E-state index contributed by atoms with van der Waals surface area (Å²) < 4.78 is 0. The molecule has 2 aromatic carbocycles. The smallest absolute Gasteiger partial charge is 0.189 e. The van der Waals surface area contributed by atoms with Gasteiger partial charge in [0.05, 0.1) is 11.4 Å². The molecule has 4 heterocycles. The average Bonchev–Trinajstić information content (AvgIpc) is 3.39. The van der Waals surface area contributed by atoms with E-state index in [4.69, 9.17) is 10.7 Å². The molecule has 2 N–H and O–H groups in total. The summed E-state index contributed by atoms with van der Waals surface area (Å²) >= 11 is 3.07. The zero-order valence-corrected chi connectivity index (χ0v) is 22.3. The molecule has 1 fully saturated rings. The lowest BCUT2D eigenvalue weighted by atomic mass is 9.94. The quantitative estimate of drug-likeness (QED) is 0.201. The van der Waals surface area contributed by atoms with Gasteiger partial charge < -0.3 is 5.73 Å². The molecule has 3 aromatic heterocycles. The van der Waals surface area contributed by atoms with Crippen LogP contribution in [0.3, 0.4) is 0 Å². The molecular formula is C29H28N6S2. The van der Waals surface area contributed by atoms with Crippen LogP contribution in [0.1, 0.15) is 30.0 Å². The van der Waals surface area contributed by atoms with Gasteiger partial charge in [0.25, 0.3) is 0 Å². The van der Waals surface area contributed by atoms with Crippen LogP contribution < -0.4 is 5.73 Å². The number of nitrogens with two attached hydrogens (primary N) is 1. The maximum atomic E-state index is 5.84. The summed E-state index contributed by atoms with van der Waals surface area (Å²) in [4.78, 5) is 21.2. The zero-order chi connectivity index (χ0) is 25.2. The summed E-state index contributed by atoms with van der Waals surface area (Å²) in [5.41, 5.74) is 13.3.